The first-order valence-corrected chi connectivity index (χ1v) is 7.67. The summed E-state index contributed by atoms with van der Waals surface area (Å²) in [6.45, 7) is 4.37. The molecule has 3 rings (SSSR count). The van der Waals surface area contributed by atoms with Crippen LogP contribution in [0.1, 0.15) is 47.7 Å². The van der Waals surface area contributed by atoms with E-state index in [1.54, 1.807) is 7.11 Å². The first kappa shape index (κ1) is 14.2. The molecular weight excluding hydrogens is 258 g/mol. The van der Waals surface area contributed by atoms with E-state index in [2.05, 4.69) is 61.6 Å². The second kappa shape index (κ2) is 5.90. The minimum atomic E-state index is 0.354. The van der Waals surface area contributed by atoms with E-state index in [1.807, 2.05) is 0 Å². The van der Waals surface area contributed by atoms with Gasteiger partial charge in [-0.25, -0.2) is 0 Å². The molecule has 0 bridgehead atoms. The molecule has 0 aromatic heterocycles. The second-order valence-electron chi connectivity index (χ2n) is 5.96. The number of benzene rings is 2. The molecule has 1 unspecified atom stereocenters. The van der Waals surface area contributed by atoms with Gasteiger partial charge in [-0.15, -0.1) is 0 Å². The molecule has 21 heavy (non-hydrogen) atoms. The molecule has 0 aliphatic heterocycles. The number of hydrogen-bond donors (Lipinski definition) is 1. The lowest BCUT2D eigenvalue weighted by atomic mass is 10.0. The summed E-state index contributed by atoms with van der Waals surface area (Å²) in [5, 5.41) is 3.77. The van der Waals surface area contributed by atoms with Crippen LogP contribution in [0.3, 0.4) is 0 Å². The number of hydrogen-bond acceptors (Lipinski definition) is 2. The second-order valence-corrected chi connectivity index (χ2v) is 5.96. The van der Waals surface area contributed by atoms with Crippen molar-refractivity contribution >= 4 is 0 Å². The molecule has 2 aromatic rings. The number of aryl methyl sites for hydroxylation is 2. The summed E-state index contributed by atoms with van der Waals surface area (Å²) in [6.07, 6.45) is 2.32. The normalized spacial score (nSPS) is 18.3. The highest BCUT2D eigenvalue weighted by atomic mass is 16.5. The molecule has 0 saturated carbocycles. The topological polar surface area (TPSA) is 21.3 Å². The van der Waals surface area contributed by atoms with Crippen LogP contribution in [0.5, 0.6) is 5.75 Å². The molecule has 2 aromatic carbocycles. The Balaban J connectivity index is 1.76. The van der Waals surface area contributed by atoms with E-state index in [0.29, 0.717) is 12.1 Å². The summed E-state index contributed by atoms with van der Waals surface area (Å²) in [5.74, 6) is 0.949. The summed E-state index contributed by atoms with van der Waals surface area (Å²) < 4.78 is 5.36. The van der Waals surface area contributed by atoms with Gasteiger partial charge >= 0.3 is 0 Å². The number of rotatable bonds is 4. The van der Waals surface area contributed by atoms with E-state index in [0.717, 1.165) is 12.2 Å². The standard InChI is InChI=1S/C19H23NO/c1-13-4-6-15(7-5-13)14(2)20-19-11-9-16-8-10-17(21-3)12-18(16)19/h4-8,10,12,14,19-20H,9,11H2,1-3H3/t14-,19?/m1/s1. The molecule has 2 heteroatoms. The Morgan fingerprint density at radius 3 is 2.62 bits per heavy atom. The third-order valence-corrected chi connectivity index (χ3v) is 4.46. The van der Waals surface area contributed by atoms with Gasteiger partial charge in [-0.2, -0.15) is 0 Å². The van der Waals surface area contributed by atoms with Crippen LogP contribution < -0.4 is 10.1 Å². The maximum absolute atomic E-state index is 5.36. The molecule has 0 heterocycles. The van der Waals surface area contributed by atoms with Crippen molar-refractivity contribution in [1.82, 2.24) is 5.32 Å². The lowest BCUT2D eigenvalue weighted by Crippen LogP contribution is -2.23. The Labute approximate surface area is 127 Å². The van der Waals surface area contributed by atoms with Gasteiger partial charge in [-0.1, -0.05) is 35.9 Å². The smallest absolute Gasteiger partial charge is 0.119 e. The van der Waals surface area contributed by atoms with Crippen LogP contribution in [-0.2, 0) is 6.42 Å². The summed E-state index contributed by atoms with van der Waals surface area (Å²) in [5.41, 5.74) is 5.50. The molecule has 0 saturated heterocycles. The molecule has 0 spiro atoms. The van der Waals surface area contributed by atoms with Gasteiger partial charge in [0, 0.05) is 12.1 Å². The van der Waals surface area contributed by atoms with Crippen molar-refractivity contribution in [3.63, 3.8) is 0 Å². The van der Waals surface area contributed by atoms with Crippen molar-refractivity contribution in [1.29, 1.82) is 0 Å². The fourth-order valence-electron chi connectivity index (χ4n) is 3.13. The molecule has 0 amide bonds. The molecule has 0 radical (unpaired) electrons. The minimum Gasteiger partial charge on any atom is -0.497 e. The Bertz CT molecular complexity index is 618. The zero-order valence-corrected chi connectivity index (χ0v) is 13.0. The summed E-state index contributed by atoms with van der Waals surface area (Å²) in [6, 6.07) is 16.0. The third kappa shape index (κ3) is 2.96. The van der Waals surface area contributed by atoms with Crippen molar-refractivity contribution in [3.8, 4) is 5.75 Å². The maximum atomic E-state index is 5.36. The lowest BCUT2D eigenvalue weighted by Gasteiger charge is -2.21. The number of methoxy groups -OCH3 is 1. The zero-order chi connectivity index (χ0) is 14.8. The minimum absolute atomic E-state index is 0.354. The highest BCUT2D eigenvalue weighted by Crippen LogP contribution is 2.35. The van der Waals surface area contributed by atoms with Gasteiger partial charge in [0.1, 0.15) is 5.75 Å². The molecule has 2 nitrogen and oxygen atoms in total. The van der Waals surface area contributed by atoms with Gasteiger partial charge in [0.2, 0.25) is 0 Å². The van der Waals surface area contributed by atoms with Crippen molar-refractivity contribution in [3.05, 3.63) is 64.7 Å². The van der Waals surface area contributed by atoms with Crippen molar-refractivity contribution in [2.24, 2.45) is 0 Å². The molecule has 1 aliphatic carbocycles. The Morgan fingerprint density at radius 2 is 1.90 bits per heavy atom. The predicted molar refractivity (Wildman–Crippen MR) is 86.8 cm³/mol. The SMILES string of the molecule is COc1ccc2c(c1)C(N[C@H](C)c1ccc(C)cc1)CC2. The highest BCUT2D eigenvalue weighted by Gasteiger charge is 2.24. The van der Waals surface area contributed by atoms with E-state index in [1.165, 1.54) is 28.7 Å². The molecule has 1 N–H and O–H groups in total. The fourth-order valence-corrected chi connectivity index (χ4v) is 3.13. The third-order valence-electron chi connectivity index (χ3n) is 4.46. The van der Waals surface area contributed by atoms with Crippen LogP contribution >= 0.6 is 0 Å². The summed E-state index contributed by atoms with van der Waals surface area (Å²) in [7, 11) is 1.73. The van der Waals surface area contributed by atoms with Crippen LogP contribution in [0, 0.1) is 6.92 Å². The van der Waals surface area contributed by atoms with E-state index < -0.39 is 0 Å². The molecule has 110 valence electrons. The van der Waals surface area contributed by atoms with Crippen LogP contribution in [0.25, 0.3) is 0 Å². The van der Waals surface area contributed by atoms with Crippen molar-refractivity contribution < 1.29 is 4.74 Å². The quantitative estimate of drug-likeness (QED) is 0.900. The molecular formula is C19H23NO. The predicted octanol–water partition coefficient (Wildman–Crippen LogP) is 4.34. The van der Waals surface area contributed by atoms with Gasteiger partial charge in [0.25, 0.3) is 0 Å². The van der Waals surface area contributed by atoms with Crippen LogP contribution in [0.15, 0.2) is 42.5 Å². The fraction of sp³-hybridized carbons (Fsp3) is 0.368. The van der Waals surface area contributed by atoms with Crippen LogP contribution in [-0.4, -0.2) is 7.11 Å². The van der Waals surface area contributed by atoms with Crippen molar-refractivity contribution in [2.45, 2.75) is 38.8 Å². The van der Waals surface area contributed by atoms with Crippen molar-refractivity contribution in [2.75, 3.05) is 7.11 Å². The van der Waals surface area contributed by atoms with Gasteiger partial charge < -0.3 is 10.1 Å². The molecule has 2 atom stereocenters. The van der Waals surface area contributed by atoms with E-state index >= 15 is 0 Å². The number of ether oxygens (including phenoxy) is 1. The van der Waals surface area contributed by atoms with E-state index in [4.69, 9.17) is 4.74 Å². The van der Waals surface area contributed by atoms with Gasteiger partial charge in [0.05, 0.1) is 7.11 Å². The Kier molecular flexibility index (Phi) is 3.98. The lowest BCUT2D eigenvalue weighted by molar-refractivity contribution is 0.412. The van der Waals surface area contributed by atoms with Crippen LogP contribution in [0.4, 0.5) is 0 Å². The maximum Gasteiger partial charge on any atom is 0.119 e. The Morgan fingerprint density at radius 1 is 1.14 bits per heavy atom. The summed E-state index contributed by atoms with van der Waals surface area (Å²) >= 11 is 0. The monoisotopic (exact) mass is 281 g/mol. The van der Waals surface area contributed by atoms with E-state index in [-0.39, 0.29) is 0 Å². The van der Waals surface area contributed by atoms with Gasteiger partial charge in [0.15, 0.2) is 0 Å². The highest BCUT2D eigenvalue weighted by molar-refractivity contribution is 5.41. The molecule has 0 fully saturated rings. The number of nitrogens with one attached hydrogen (secondary N) is 1. The first-order valence-electron chi connectivity index (χ1n) is 7.67. The first-order chi connectivity index (χ1) is 10.2. The summed E-state index contributed by atoms with van der Waals surface area (Å²) in [4.78, 5) is 0. The largest absolute Gasteiger partial charge is 0.497 e. The molecule has 1 aliphatic rings. The number of fused-ring (bicyclic) bond motifs is 1. The Hall–Kier alpha value is -1.80. The zero-order valence-electron chi connectivity index (χ0n) is 13.0. The van der Waals surface area contributed by atoms with E-state index in [9.17, 15) is 0 Å². The average Bonchev–Trinajstić information content (AvgIpc) is 2.90. The van der Waals surface area contributed by atoms with Crippen LogP contribution in [0.2, 0.25) is 0 Å². The average molecular weight is 281 g/mol. The van der Waals surface area contributed by atoms with Gasteiger partial charge in [-0.3, -0.25) is 0 Å². The van der Waals surface area contributed by atoms with Gasteiger partial charge in [-0.05, 0) is 55.5 Å².